The number of carbonyl (C=O) groups is 2. The maximum Gasteiger partial charge on any atom is 0.224 e. The molecule has 138 valence electrons. The maximum absolute atomic E-state index is 12.4. The minimum Gasteiger partial charge on any atom is -0.469 e. The van der Waals surface area contributed by atoms with Crippen LogP contribution < -0.4 is 10.1 Å². The molecule has 0 bridgehead atoms. The van der Waals surface area contributed by atoms with Crippen molar-refractivity contribution in [2.75, 3.05) is 11.9 Å². The highest BCUT2D eigenvalue weighted by Gasteiger charge is 2.11. The Morgan fingerprint density at radius 3 is 2.52 bits per heavy atom. The Kier molecular flexibility index (Phi) is 5.76. The predicted octanol–water partition coefficient (Wildman–Crippen LogP) is 3.88. The SMILES string of the molecule is CC(C)CC(=O)Nc1ccc(C(=O)COc2ncnc3ccccc23)cc1. The van der Waals surface area contributed by atoms with E-state index < -0.39 is 0 Å². The minimum absolute atomic E-state index is 0.0388. The number of rotatable bonds is 7. The molecule has 1 aromatic heterocycles. The first kappa shape index (κ1) is 18.5. The van der Waals surface area contributed by atoms with Gasteiger partial charge in [-0.1, -0.05) is 26.0 Å². The molecule has 2 aromatic carbocycles. The highest BCUT2D eigenvalue weighted by Crippen LogP contribution is 2.21. The molecule has 1 amide bonds. The van der Waals surface area contributed by atoms with E-state index in [4.69, 9.17) is 4.74 Å². The van der Waals surface area contributed by atoms with Crippen molar-refractivity contribution >= 4 is 28.3 Å². The van der Waals surface area contributed by atoms with Crippen molar-refractivity contribution in [3.8, 4) is 5.88 Å². The third-order valence-electron chi connectivity index (χ3n) is 3.93. The van der Waals surface area contributed by atoms with Gasteiger partial charge in [-0.15, -0.1) is 0 Å². The number of para-hydroxylation sites is 1. The summed E-state index contributed by atoms with van der Waals surface area (Å²) in [5, 5.41) is 3.58. The van der Waals surface area contributed by atoms with Gasteiger partial charge in [0, 0.05) is 17.7 Å². The zero-order chi connectivity index (χ0) is 19.2. The van der Waals surface area contributed by atoms with E-state index in [-0.39, 0.29) is 18.3 Å². The minimum atomic E-state index is -0.169. The van der Waals surface area contributed by atoms with E-state index in [9.17, 15) is 9.59 Å². The van der Waals surface area contributed by atoms with Crippen LogP contribution >= 0.6 is 0 Å². The van der Waals surface area contributed by atoms with Crippen LogP contribution in [0.4, 0.5) is 5.69 Å². The number of benzene rings is 2. The molecule has 0 saturated carbocycles. The number of ketones is 1. The Balaban J connectivity index is 1.62. The average molecular weight is 363 g/mol. The first-order valence-corrected chi connectivity index (χ1v) is 8.78. The Labute approximate surface area is 157 Å². The van der Waals surface area contributed by atoms with Crippen LogP contribution in [-0.2, 0) is 4.79 Å². The molecule has 27 heavy (non-hydrogen) atoms. The number of fused-ring (bicyclic) bond motifs is 1. The molecule has 0 aliphatic rings. The Morgan fingerprint density at radius 2 is 1.78 bits per heavy atom. The highest BCUT2D eigenvalue weighted by atomic mass is 16.5. The standard InChI is InChI=1S/C21H21N3O3/c1-14(2)11-20(26)24-16-9-7-15(8-10-16)19(25)12-27-21-17-5-3-4-6-18(17)22-13-23-21/h3-10,13-14H,11-12H2,1-2H3,(H,24,26). The van der Waals surface area contributed by atoms with Crippen molar-refractivity contribution in [3.63, 3.8) is 0 Å². The van der Waals surface area contributed by atoms with Gasteiger partial charge < -0.3 is 10.1 Å². The summed E-state index contributed by atoms with van der Waals surface area (Å²) in [5.41, 5.74) is 1.94. The number of amides is 1. The smallest absolute Gasteiger partial charge is 0.224 e. The molecule has 0 saturated heterocycles. The lowest BCUT2D eigenvalue weighted by atomic mass is 10.1. The molecular formula is C21H21N3O3. The molecule has 1 heterocycles. The number of aromatic nitrogens is 2. The monoisotopic (exact) mass is 363 g/mol. The average Bonchev–Trinajstić information content (AvgIpc) is 2.66. The number of hydrogen-bond acceptors (Lipinski definition) is 5. The van der Waals surface area contributed by atoms with Gasteiger partial charge in [-0.05, 0) is 42.3 Å². The summed E-state index contributed by atoms with van der Waals surface area (Å²) in [7, 11) is 0. The van der Waals surface area contributed by atoms with Gasteiger partial charge in [0.25, 0.3) is 0 Å². The number of ether oxygens (including phenoxy) is 1. The van der Waals surface area contributed by atoms with Crippen molar-refractivity contribution in [1.29, 1.82) is 0 Å². The number of carbonyl (C=O) groups excluding carboxylic acids is 2. The molecule has 6 heteroatoms. The van der Waals surface area contributed by atoms with Crippen LogP contribution in [-0.4, -0.2) is 28.3 Å². The van der Waals surface area contributed by atoms with E-state index in [0.717, 1.165) is 10.9 Å². The van der Waals surface area contributed by atoms with E-state index in [0.29, 0.717) is 29.5 Å². The molecule has 0 radical (unpaired) electrons. The zero-order valence-electron chi connectivity index (χ0n) is 15.3. The fourth-order valence-electron chi connectivity index (χ4n) is 2.63. The van der Waals surface area contributed by atoms with Gasteiger partial charge in [0.2, 0.25) is 11.8 Å². The summed E-state index contributed by atoms with van der Waals surface area (Å²) < 4.78 is 5.60. The number of anilines is 1. The molecule has 0 spiro atoms. The topological polar surface area (TPSA) is 81.2 Å². The summed E-state index contributed by atoms with van der Waals surface area (Å²) in [5.74, 6) is 0.466. The maximum atomic E-state index is 12.4. The zero-order valence-corrected chi connectivity index (χ0v) is 15.3. The third kappa shape index (κ3) is 4.88. The van der Waals surface area contributed by atoms with Crippen molar-refractivity contribution in [3.05, 3.63) is 60.4 Å². The Bertz CT molecular complexity index is 947. The van der Waals surface area contributed by atoms with E-state index in [1.54, 1.807) is 24.3 Å². The second-order valence-corrected chi connectivity index (χ2v) is 6.63. The molecule has 1 N–H and O–H groups in total. The van der Waals surface area contributed by atoms with Crippen LogP contribution in [0.15, 0.2) is 54.9 Å². The summed E-state index contributed by atoms with van der Waals surface area (Å²) in [6.07, 6.45) is 1.87. The van der Waals surface area contributed by atoms with Crippen LogP contribution in [0.25, 0.3) is 10.9 Å². The molecule has 0 aliphatic carbocycles. The van der Waals surface area contributed by atoms with E-state index in [2.05, 4.69) is 15.3 Å². The van der Waals surface area contributed by atoms with Crippen molar-refractivity contribution in [1.82, 2.24) is 9.97 Å². The normalized spacial score (nSPS) is 10.8. The second-order valence-electron chi connectivity index (χ2n) is 6.63. The first-order valence-electron chi connectivity index (χ1n) is 8.78. The van der Waals surface area contributed by atoms with E-state index in [1.807, 2.05) is 38.1 Å². The van der Waals surface area contributed by atoms with Crippen LogP contribution in [0.1, 0.15) is 30.6 Å². The molecule has 3 aromatic rings. The number of nitrogens with zero attached hydrogens (tertiary/aromatic N) is 2. The summed E-state index contributed by atoms with van der Waals surface area (Å²) in [6, 6.07) is 14.2. The fourth-order valence-corrected chi connectivity index (χ4v) is 2.63. The molecule has 6 nitrogen and oxygen atoms in total. The fraction of sp³-hybridized carbons (Fsp3) is 0.238. The van der Waals surface area contributed by atoms with Gasteiger partial charge in [0.1, 0.15) is 6.33 Å². The van der Waals surface area contributed by atoms with Crippen molar-refractivity contribution < 1.29 is 14.3 Å². The van der Waals surface area contributed by atoms with Crippen LogP contribution in [0, 0.1) is 5.92 Å². The van der Waals surface area contributed by atoms with Crippen molar-refractivity contribution in [2.45, 2.75) is 20.3 Å². The van der Waals surface area contributed by atoms with Crippen LogP contribution in [0.5, 0.6) is 5.88 Å². The number of Topliss-reactive ketones (excluding diaryl/α,β-unsaturated/α-hetero) is 1. The summed E-state index contributed by atoms with van der Waals surface area (Å²) in [6.45, 7) is 3.85. The molecule has 0 aliphatic heterocycles. The van der Waals surface area contributed by atoms with Gasteiger partial charge in [0.15, 0.2) is 12.4 Å². The van der Waals surface area contributed by atoms with E-state index in [1.165, 1.54) is 6.33 Å². The lowest BCUT2D eigenvalue weighted by Gasteiger charge is -2.09. The van der Waals surface area contributed by atoms with Gasteiger partial charge in [-0.25, -0.2) is 9.97 Å². The third-order valence-corrected chi connectivity index (χ3v) is 3.93. The Hall–Kier alpha value is -3.28. The highest BCUT2D eigenvalue weighted by molar-refractivity contribution is 5.98. The van der Waals surface area contributed by atoms with Gasteiger partial charge in [0.05, 0.1) is 10.9 Å². The number of nitrogens with one attached hydrogen (secondary N) is 1. The molecular weight excluding hydrogens is 342 g/mol. The van der Waals surface area contributed by atoms with Crippen molar-refractivity contribution in [2.24, 2.45) is 5.92 Å². The molecule has 0 fully saturated rings. The molecule has 3 rings (SSSR count). The van der Waals surface area contributed by atoms with E-state index >= 15 is 0 Å². The molecule has 0 atom stereocenters. The first-order chi connectivity index (χ1) is 13.0. The largest absolute Gasteiger partial charge is 0.469 e. The second kappa shape index (κ2) is 8.40. The summed E-state index contributed by atoms with van der Waals surface area (Å²) >= 11 is 0. The molecule has 0 unspecified atom stereocenters. The Morgan fingerprint density at radius 1 is 1.04 bits per heavy atom. The van der Waals surface area contributed by atoms with Crippen LogP contribution in [0.3, 0.4) is 0 Å². The summed E-state index contributed by atoms with van der Waals surface area (Å²) in [4.78, 5) is 32.5. The number of hydrogen-bond donors (Lipinski definition) is 1. The van der Waals surface area contributed by atoms with Gasteiger partial charge >= 0.3 is 0 Å². The lowest BCUT2D eigenvalue weighted by Crippen LogP contribution is -2.15. The van der Waals surface area contributed by atoms with Crippen LogP contribution in [0.2, 0.25) is 0 Å². The van der Waals surface area contributed by atoms with Gasteiger partial charge in [-0.3, -0.25) is 9.59 Å². The predicted molar refractivity (Wildman–Crippen MR) is 104 cm³/mol. The van der Waals surface area contributed by atoms with Gasteiger partial charge in [-0.2, -0.15) is 0 Å². The quantitative estimate of drug-likeness (QED) is 0.644. The lowest BCUT2D eigenvalue weighted by molar-refractivity contribution is -0.116.